The van der Waals surface area contributed by atoms with Gasteiger partial charge in [0, 0.05) is 19.1 Å². The molecule has 6 heteroatoms. The zero-order valence-electron chi connectivity index (χ0n) is 11.7. The summed E-state index contributed by atoms with van der Waals surface area (Å²) in [6, 6.07) is 0.226. The van der Waals surface area contributed by atoms with Gasteiger partial charge in [-0.25, -0.2) is 4.79 Å². The van der Waals surface area contributed by atoms with Crippen molar-refractivity contribution < 1.29 is 9.59 Å². The molecule has 0 saturated carbocycles. The second-order valence-electron chi connectivity index (χ2n) is 5.39. The summed E-state index contributed by atoms with van der Waals surface area (Å²) in [5, 5.41) is 8.29. The van der Waals surface area contributed by atoms with Gasteiger partial charge in [0.15, 0.2) is 0 Å². The van der Waals surface area contributed by atoms with Crippen LogP contribution in [0.1, 0.15) is 32.6 Å². The zero-order valence-corrected chi connectivity index (χ0v) is 11.7. The highest BCUT2D eigenvalue weighted by molar-refractivity contribution is 5.96. The fourth-order valence-electron chi connectivity index (χ4n) is 3.20. The molecule has 108 valence electrons. The molecular formula is C13H24N4O2. The fraction of sp³-hybridized carbons (Fsp3) is 0.846. The van der Waals surface area contributed by atoms with E-state index < -0.39 is 6.03 Å². The van der Waals surface area contributed by atoms with Gasteiger partial charge in [-0.3, -0.25) is 15.0 Å². The third-order valence-corrected chi connectivity index (χ3v) is 4.25. The van der Waals surface area contributed by atoms with Gasteiger partial charge in [0.1, 0.15) is 0 Å². The second kappa shape index (κ2) is 6.34. The number of hydrogen-bond acceptors (Lipinski definition) is 4. The summed E-state index contributed by atoms with van der Waals surface area (Å²) in [6.45, 7) is 3.89. The highest BCUT2D eigenvalue weighted by atomic mass is 16.2. The molecule has 0 aromatic heterocycles. The summed E-state index contributed by atoms with van der Waals surface area (Å²) >= 11 is 0. The van der Waals surface area contributed by atoms with Crippen molar-refractivity contribution in [3.63, 3.8) is 0 Å². The Hall–Kier alpha value is -1.14. The van der Waals surface area contributed by atoms with E-state index in [9.17, 15) is 9.59 Å². The van der Waals surface area contributed by atoms with E-state index in [1.165, 1.54) is 19.9 Å². The van der Waals surface area contributed by atoms with Crippen molar-refractivity contribution >= 4 is 11.9 Å². The Morgan fingerprint density at radius 3 is 2.74 bits per heavy atom. The molecule has 2 aliphatic rings. The first-order valence-electron chi connectivity index (χ1n) is 7.15. The van der Waals surface area contributed by atoms with Crippen molar-refractivity contribution in [1.29, 1.82) is 0 Å². The lowest BCUT2D eigenvalue weighted by molar-refractivity contribution is -0.125. The number of carbonyl (C=O) groups is 2. The van der Waals surface area contributed by atoms with E-state index in [4.69, 9.17) is 0 Å². The van der Waals surface area contributed by atoms with E-state index in [-0.39, 0.29) is 11.9 Å². The normalized spacial score (nSPS) is 29.2. The monoisotopic (exact) mass is 268 g/mol. The SMILES string of the molecule is CNC(=O)NC(=O)C(C)N1CCCC1C1CCCN1. The number of urea groups is 1. The van der Waals surface area contributed by atoms with Crippen LogP contribution in [0.3, 0.4) is 0 Å². The number of nitrogens with zero attached hydrogens (tertiary/aromatic N) is 1. The van der Waals surface area contributed by atoms with Gasteiger partial charge in [-0.1, -0.05) is 0 Å². The molecule has 3 amide bonds. The fourth-order valence-corrected chi connectivity index (χ4v) is 3.20. The van der Waals surface area contributed by atoms with Gasteiger partial charge in [0.05, 0.1) is 6.04 Å². The minimum Gasteiger partial charge on any atom is -0.341 e. The molecule has 3 unspecified atom stereocenters. The Morgan fingerprint density at radius 2 is 2.11 bits per heavy atom. The van der Waals surface area contributed by atoms with E-state index in [1.807, 2.05) is 6.92 Å². The molecule has 0 spiro atoms. The molecule has 0 aliphatic carbocycles. The van der Waals surface area contributed by atoms with E-state index in [1.54, 1.807) is 0 Å². The van der Waals surface area contributed by atoms with Crippen LogP contribution in [-0.2, 0) is 4.79 Å². The molecule has 2 heterocycles. The van der Waals surface area contributed by atoms with Gasteiger partial charge in [-0.2, -0.15) is 0 Å². The van der Waals surface area contributed by atoms with Crippen molar-refractivity contribution in [2.75, 3.05) is 20.1 Å². The Balaban J connectivity index is 1.94. The van der Waals surface area contributed by atoms with E-state index >= 15 is 0 Å². The molecule has 3 N–H and O–H groups in total. The van der Waals surface area contributed by atoms with Gasteiger partial charge < -0.3 is 10.6 Å². The minimum absolute atomic E-state index is 0.218. The molecule has 2 aliphatic heterocycles. The van der Waals surface area contributed by atoms with Gasteiger partial charge >= 0.3 is 6.03 Å². The number of rotatable bonds is 3. The first-order valence-corrected chi connectivity index (χ1v) is 7.15. The topological polar surface area (TPSA) is 73.5 Å². The lowest BCUT2D eigenvalue weighted by atomic mass is 10.0. The van der Waals surface area contributed by atoms with Crippen molar-refractivity contribution in [3.05, 3.63) is 0 Å². The summed E-state index contributed by atoms with van der Waals surface area (Å²) in [7, 11) is 1.51. The van der Waals surface area contributed by atoms with Crippen LogP contribution in [0.5, 0.6) is 0 Å². The lowest BCUT2D eigenvalue weighted by Crippen LogP contribution is -2.54. The number of hydrogen-bond donors (Lipinski definition) is 3. The minimum atomic E-state index is -0.438. The summed E-state index contributed by atoms with van der Waals surface area (Å²) in [5.74, 6) is -0.218. The Bertz CT molecular complexity index is 342. The highest BCUT2D eigenvalue weighted by Gasteiger charge is 2.37. The van der Waals surface area contributed by atoms with E-state index in [2.05, 4.69) is 20.9 Å². The maximum absolute atomic E-state index is 12.0. The van der Waals surface area contributed by atoms with Crippen molar-refractivity contribution in [3.8, 4) is 0 Å². The summed E-state index contributed by atoms with van der Waals surface area (Å²) in [6.07, 6.45) is 4.66. The summed E-state index contributed by atoms with van der Waals surface area (Å²) in [4.78, 5) is 25.5. The van der Waals surface area contributed by atoms with Crippen molar-refractivity contribution in [1.82, 2.24) is 20.9 Å². The molecular weight excluding hydrogens is 244 g/mol. The molecule has 0 bridgehead atoms. The van der Waals surface area contributed by atoms with Crippen LogP contribution in [0.4, 0.5) is 4.79 Å². The second-order valence-corrected chi connectivity index (χ2v) is 5.39. The van der Waals surface area contributed by atoms with Gasteiger partial charge in [0.25, 0.3) is 0 Å². The first-order chi connectivity index (χ1) is 9.13. The average Bonchev–Trinajstić information content (AvgIpc) is 3.07. The molecule has 0 radical (unpaired) electrons. The summed E-state index contributed by atoms with van der Waals surface area (Å²) in [5.41, 5.74) is 0. The predicted molar refractivity (Wildman–Crippen MR) is 72.8 cm³/mol. The number of likely N-dealkylation sites (tertiary alicyclic amines) is 1. The van der Waals surface area contributed by atoms with Gasteiger partial charge in [-0.05, 0) is 45.7 Å². The number of amides is 3. The Kier molecular flexibility index (Phi) is 4.76. The number of imide groups is 1. The third-order valence-electron chi connectivity index (χ3n) is 4.25. The molecule has 0 aromatic rings. The summed E-state index contributed by atoms with van der Waals surface area (Å²) < 4.78 is 0. The van der Waals surface area contributed by atoms with E-state index in [0.717, 1.165) is 25.9 Å². The largest absolute Gasteiger partial charge is 0.341 e. The molecule has 2 rings (SSSR count). The number of nitrogens with one attached hydrogen (secondary N) is 3. The van der Waals surface area contributed by atoms with Crippen molar-refractivity contribution in [2.24, 2.45) is 0 Å². The van der Waals surface area contributed by atoms with Crippen molar-refractivity contribution in [2.45, 2.75) is 50.7 Å². The molecule has 3 atom stereocenters. The zero-order chi connectivity index (χ0) is 13.8. The predicted octanol–water partition coefficient (Wildman–Crippen LogP) is 0.0469. The van der Waals surface area contributed by atoms with Gasteiger partial charge in [-0.15, -0.1) is 0 Å². The van der Waals surface area contributed by atoms with Crippen LogP contribution in [0.25, 0.3) is 0 Å². The van der Waals surface area contributed by atoms with Crippen LogP contribution in [0.15, 0.2) is 0 Å². The maximum atomic E-state index is 12.0. The molecule has 19 heavy (non-hydrogen) atoms. The van der Waals surface area contributed by atoms with Gasteiger partial charge in [0.2, 0.25) is 5.91 Å². The standard InChI is InChI=1S/C13H24N4O2/c1-9(12(18)16-13(19)14-2)17-8-4-6-11(17)10-5-3-7-15-10/h9-11,15H,3-8H2,1-2H3,(H2,14,16,18,19). The Labute approximate surface area is 114 Å². The van der Waals surface area contributed by atoms with Crippen LogP contribution in [0.2, 0.25) is 0 Å². The lowest BCUT2D eigenvalue weighted by Gasteiger charge is -2.33. The smallest absolute Gasteiger partial charge is 0.321 e. The van der Waals surface area contributed by atoms with E-state index in [0.29, 0.717) is 12.1 Å². The maximum Gasteiger partial charge on any atom is 0.321 e. The highest BCUT2D eigenvalue weighted by Crippen LogP contribution is 2.26. The molecule has 2 fully saturated rings. The van der Waals surface area contributed by atoms with Crippen LogP contribution in [-0.4, -0.2) is 55.1 Å². The van der Waals surface area contributed by atoms with Crippen LogP contribution >= 0.6 is 0 Å². The first kappa shape index (κ1) is 14.3. The molecule has 0 aromatic carbocycles. The quantitative estimate of drug-likeness (QED) is 0.676. The molecule has 6 nitrogen and oxygen atoms in total. The van der Waals surface area contributed by atoms with Crippen LogP contribution in [0, 0.1) is 0 Å². The van der Waals surface area contributed by atoms with Crippen LogP contribution < -0.4 is 16.0 Å². The number of carbonyl (C=O) groups excluding carboxylic acids is 2. The molecule has 2 saturated heterocycles. The Morgan fingerprint density at radius 1 is 1.32 bits per heavy atom. The third kappa shape index (κ3) is 3.25. The average molecular weight is 268 g/mol.